The molecule has 1 amide bonds. The number of carbonyl (C=O) groups is 1. The van der Waals surface area contributed by atoms with E-state index in [1.165, 1.54) is 23.5 Å². The Balaban J connectivity index is 1.64. The van der Waals surface area contributed by atoms with Crippen molar-refractivity contribution in [2.75, 3.05) is 11.9 Å². The number of aryl methyl sites for hydroxylation is 1. The Labute approximate surface area is 186 Å². The fourth-order valence-electron chi connectivity index (χ4n) is 3.97. The monoisotopic (exact) mass is 456 g/mol. The van der Waals surface area contributed by atoms with E-state index in [4.69, 9.17) is 16.3 Å². The molecule has 2 aromatic heterocycles. The molecule has 158 valence electrons. The smallest absolute Gasteiger partial charge is 0.226 e. The number of nitrogens with zero attached hydrogens (tertiary/aromatic N) is 3. The molecule has 0 spiro atoms. The second-order valence-corrected chi connectivity index (χ2v) is 8.73. The highest BCUT2D eigenvalue weighted by molar-refractivity contribution is 7.20. The third-order valence-corrected chi connectivity index (χ3v) is 6.51. The predicted octanol–water partition coefficient (Wildman–Crippen LogP) is 5.46. The van der Waals surface area contributed by atoms with Crippen molar-refractivity contribution in [2.24, 2.45) is 0 Å². The van der Waals surface area contributed by atoms with Gasteiger partial charge in [-0.2, -0.15) is 9.78 Å². The van der Waals surface area contributed by atoms with Gasteiger partial charge in [0.2, 0.25) is 11.0 Å². The molecular formula is C22H18ClFN4O2S. The van der Waals surface area contributed by atoms with E-state index >= 15 is 0 Å². The molecule has 0 saturated heterocycles. The first kappa shape index (κ1) is 20.0. The van der Waals surface area contributed by atoms with E-state index < -0.39 is 11.7 Å². The number of nitrogens with one attached hydrogen (secondary N) is 1. The largest absolute Gasteiger partial charge is 0.494 e. The Morgan fingerprint density at radius 3 is 2.97 bits per heavy atom. The van der Waals surface area contributed by atoms with Gasteiger partial charge in [-0.1, -0.05) is 22.9 Å². The predicted molar refractivity (Wildman–Crippen MR) is 119 cm³/mol. The average Bonchev–Trinajstić information content (AvgIpc) is 3.30. The third kappa shape index (κ3) is 3.45. The van der Waals surface area contributed by atoms with Crippen LogP contribution in [0.4, 0.5) is 10.2 Å². The first-order valence-electron chi connectivity index (χ1n) is 9.82. The zero-order chi connectivity index (χ0) is 21.7. The summed E-state index contributed by atoms with van der Waals surface area (Å²) in [6, 6.07) is 10.1. The van der Waals surface area contributed by atoms with E-state index in [2.05, 4.69) is 15.4 Å². The molecule has 0 saturated carbocycles. The van der Waals surface area contributed by atoms with Gasteiger partial charge in [-0.15, -0.1) is 0 Å². The van der Waals surface area contributed by atoms with Gasteiger partial charge in [0, 0.05) is 22.9 Å². The van der Waals surface area contributed by atoms with Crippen molar-refractivity contribution >= 4 is 44.9 Å². The molecule has 3 heterocycles. The number of thiazole rings is 1. The standard InChI is InChI=1S/C22H18ClFN4O2S/c1-3-30-13-5-7-17-18(9-13)31-22(25-17)28-21-20(11(2)27-28)15(10-19(29)26-21)14-8-12(23)4-6-16(14)24/h4-9,15H,3,10H2,1-2H3,(H,26,29)/t15-/m1/s1. The van der Waals surface area contributed by atoms with Crippen LogP contribution in [0.15, 0.2) is 36.4 Å². The Hall–Kier alpha value is -2.97. The molecule has 0 unspecified atom stereocenters. The van der Waals surface area contributed by atoms with Gasteiger partial charge in [-0.05, 0) is 55.8 Å². The summed E-state index contributed by atoms with van der Waals surface area (Å²) in [5.74, 6) is 0.203. The summed E-state index contributed by atoms with van der Waals surface area (Å²) in [5.41, 5.74) is 2.67. The quantitative estimate of drug-likeness (QED) is 0.443. The normalized spacial score (nSPS) is 15.7. The van der Waals surface area contributed by atoms with E-state index in [0.717, 1.165) is 21.5 Å². The number of benzene rings is 2. The molecule has 1 aliphatic heterocycles. The zero-order valence-corrected chi connectivity index (χ0v) is 18.4. The molecule has 2 aromatic carbocycles. The number of ether oxygens (including phenoxy) is 1. The number of rotatable bonds is 4. The Morgan fingerprint density at radius 2 is 2.16 bits per heavy atom. The van der Waals surface area contributed by atoms with Crippen LogP contribution in [0.25, 0.3) is 15.3 Å². The van der Waals surface area contributed by atoms with Crippen LogP contribution >= 0.6 is 22.9 Å². The molecule has 0 radical (unpaired) electrons. The average molecular weight is 457 g/mol. The molecule has 0 bridgehead atoms. The number of anilines is 1. The van der Waals surface area contributed by atoms with E-state index in [9.17, 15) is 9.18 Å². The molecule has 4 aromatic rings. The van der Waals surface area contributed by atoms with E-state index in [1.54, 1.807) is 10.7 Å². The molecule has 1 N–H and O–H groups in total. The van der Waals surface area contributed by atoms with Crippen LogP contribution in [0.1, 0.15) is 36.1 Å². The highest BCUT2D eigenvalue weighted by Gasteiger charge is 2.34. The second kappa shape index (κ2) is 7.62. The number of hydrogen-bond acceptors (Lipinski definition) is 5. The molecule has 1 aliphatic rings. The van der Waals surface area contributed by atoms with Crippen LogP contribution in [0, 0.1) is 12.7 Å². The maximum atomic E-state index is 14.6. The highest BCUT2D eigenvalue weighted by atomic mass is 35.5. The van der Waals surface area contributed by atoms with Gasteiger partial charge < -0.3 is 10.1 Å². The molecule has 0 fully saturated rings. The number of carbonyl (C=O) groups excluding carboxylic acids is 1. The maximum absolute atomic E-state index is 14.6. The number of aromatic nitrogens is 3. The Bertz CT molecular complexity index is 1330. The van der Waals surface area contributed by atoms with Gasteiger partial charge in [-0.25, -0.2) is 9.37 Å². The lowest BCUT2D eigenvalue weighted by molar-refractivity contribution is -0.116. The lowest BCUT2D eigenvalue weighted by Crippen LogP contribution is -2.25. The van der Waals surface area contributed by atoms with Crippen molar-refractivity contribution in [1.29, 1.82) is 0 Å². The van der Waals surface area contributed by atoms with Crippen molar-refractivity contribution in [1.82, 2.24) is 14.8 Å². The lowest BCUT2D eigenvalue weighted by atomic mass is 9.85. The van der Waals surface area contributed by atoms with Crippen LogP contribution in [0.5, 0.6) is 5.75 Å². The van der Waals surface area contributed by atoms with Gasteiger partial charge in [0.15, 0.2) is 0 Å². The van der Waals surface area contributed by atoms with Gasteiger partial charge in [0.05, 0.1) is 22.5 Å². The number of hydrogen-bond donors (Lipinski definition) is 1. The van der Waals surface area contributed by atoms with Gasteiger partial charge in [0.1, 0.15) is 17.4 Å². The fourth-order valence-corrected chi connectivity index (χ4v) is 5.11. The van der Waals surface area contributed by atoms with Crippen LogP contribution in [-0.4, -0.2) is 27.3 Å². The lowest BCUT2D eigenvalue weighted by Gasteiger charge is -2.24. The van der Waals surface area contributed by atoms with Gasteiger partial charge >= 0.3 is 0 Å². The van der Waals surface area contributed by atoms with Crippen molar-refractivity contribution in [2.45, 2.75) is 26.2 Å². The number of halogens is 2. The van der Waals surface area contributed by atoms with Gasteiger partial charge in [-0.3, -0.25) is 4.79 Å². The van der Waals surface area contributed by atoms with Crippen LogP contribution < -0.4 is 10.1 Å². The minimum absolute atomic E-state index is 0.119. The highest BCUT2D eigenvalue weighted by Crippen LogP contribution is 2.42. The summed E-state index contributed by atoms with van der Waals surface area (Å²) in [5, 5.41) is 8.58. The Kier molecular flexibility index (Phi) is 4.91. The summed E-state index contributed by atoms with van der Waals surface area (Å²) in [6.45, 7) is 4.36. The van der Waals surface area contributed by atoms with Crippen LogP contribution in [0.3, 0.4) is 0 Å². The summed E-state index contributed by atoms with van der Waals surface area (Å²) in [4.78, 5) is 17.2. The second-order valence-electron chi connectivity index (χ2n) is 7.29. The molecular weight excluding hydrogens is 439 g/mol. The summed E-state index contributed by atoms with van der Waals surface area (Å²) in [6.07, 6.45) is 0.119. The number of amides is 1. The molecule has 31 heavy (non-hydrogen) atoms. The van der Waals surface area contributed by atoms with Crippen LogP contribution in [-0.2, 0) is 4.79 Å². The summed E-state index contributed by atoms with van der Waals surface area (Å²) >= 11 is 7.56. The fraction of sp³-hybridized carbons (Fsp3) is 0.227. The van der Waals surface area contributed by atoms with Crippen molar-refractivity contribution in [3.63, 3.8) is 0 Å². The van der Waals surface area contributed by atoms with Crippen LogP contribution in [0.2, 0.25) is 5.02 Å². The first-order valence-corrected chi connectivity index (χ1v) is 11.0. The maximum Gasteiger partial charge on any atom is 0.226 e. The third-order valence-electron chi connectivity index (χ3n) is 5.28. The van der Waals surface area contributed by atoms with Gasteiger partial charge in [0.25, 0.3) is 0 Å². The van der Waals surface area contributed by atoms with Crippen molar-refractivity contribution in [3.05, 3.63) is 64.1 Å². The van der Waals surface area contributed by atoms with E-state index in [-0.39, 0.29) is 12.3 Å². The molecule has 5 rings (SSSR count). The number of fused-ring (bicyclic) bond motifs is 2. The molecule has 9 heteroatoms. The van der Waals surface area contributed by atoms with E-state index in [1.807, 2.05) is 32.0 Å². The molecule has 0 aliphatic carbocycles. The topological polar surface area (TPSA) is 69.0 Å². The zero-order valence-electron chi connectivity index (χ0n) is 16.8. The first-order chi connectivity index (χ1) is 14.9. The minimum Gasteiger partial charge on any atom is -0.494 e. The molecule has 1 atom stereocenters. The minimum atomic E-state index is -0.477. The van der Waals surface area contributed by atoms with Crippen molar-refractivity contribution < 1.29 is 13.9 Å². The summed E-state index contributed by atoms with van der Waals surface area (Å²) in [7, 11) is 0. The molecule has 6 nitrogen and oxygen atoms in total. The SMILES string of the molecule is CCOc1ccc2nc(-n3nc(C)c4c3NC(=O)C[C@@H]4c3cc(Cl)ccc3F)sc2c1. The van der Waals surface area contributed by atoms with E-state index in [0.29, 0.717) is 33.8 Å². The van der Waals surface area contributed by atoms with Crippen molar-refractivity contribution in [3.8, 4) is 10.9 Å². The summed E-state index contributed by atoms with van der Waals surface area (Å²) < 4.78 is 22.8. The Morgan fingerprint density at radius 1 is 1.32 bits per heavy atom.